The highest BCUT2D eigenvalue weighted by atomic mass is 79.9. The van der Waals surface area contributed by atoms with E-state index in [9.17, 15) is 0 Å². The molecule has 0 aliphatic carbocycles. The molecule has 0 amide bonds. The summed E-state index contributed by atoms with van der Waals surface area (Å²) in [5.74, 6) is 0. The molecule has 1 rings (SSSR count). The smallest absolute Gasteiger partial charge is 0.0742 e. The Bertz CT molecular complexity index is 339. The Kier molecular flexibility index (Phi) is 10.5. The zero-order chi connectivity index (χ0) is 13.9. The van der Waals surface area contributed by atoms with Crippen molar-refractivity contribution in [3.05, 3.63) is 19.2 Å². The summed E-state index contributed by atoms with van der Waals surface area (Å²) < 4.78 is 2.50. The summed E-state index contributed by atoms with van der Waals surface area (Å²) in [6.07, 6.45) is 12.7. The van der Waals surface area contributed by atoms with Crippen molar-refractivity contribution in [2.75, 3.05) is 6.61 Å². The van der Waals surface area contributed by atoms with Gasteiger partial charge in [-0.3, -0.25) is 0 Å². The van der Waals surface area contributed by atoms with E-state index in [0.29, 0.717) is 6.61 Å². The molecule has 1 N–H and O–H groups in total. The second kappa shape index (κ2) is 11.3. The molecule has 1 aromatic rings. The molecule has 0 fully saturated rings. The lowest BCUT2D eigenvalue weighted by Crippen LogP contribution is -1.86. The van der Waals surface area contributed by atoms with E-state index < -0.39 is 0 Å². The molecule has 0 aliphatic heterocycles. The average Bonchev–Trinajstić information content (AvgIpc) is 2.70. The van der Waals surface area contributed by atoms with E-state index in [2.05, 4.69) is 37.9 Å². The van der Waals surface area contributed by atoms with E-state index >= 15 is 0 Å². The van der Waals surface area contributed by atoms with Gasteiger partial charge in [0.25, 0.3) is 0 Å². The van der Waals surface area contributed by atoms with Crippen LogP contribution in [0.4, 0.5) is 0 Å². The summed E-state index contributed by atoms with van der Waals surface area (Å²) in [5.41, 5.74) is 1.45. The van der Waals surface area contributed by atoms with E-state index in [0.717, 1.165) is 6.42 Å². The van der Waals surface area contributed by atoms with Crippen molar-refractivity contribution in [2.45, 2.75) is 64.2 Å². The number of aryl methyl sites for hydroxylation is 1. The van der Waals surface area contributed by atoms with Gasteiger partial charge in [0, 0.05) is 6.61 Å². The molecule has 0 atom stereocenters. The molecule has 0 bridgehead atoms. The Labute approximate surface area is 138 Å². The minimum atomic E-state index is 0.355. The maximum absolute atomic E-state index is 8.68. The third kappa shape index (κ3) is 8.49. The Morgan fingerprint density at radius 1 is 0.842 bits per heavy atom. The van der Waals surface area contributed by atoms with Crippen LogP contribution in [0, 0.1) is 0 Å². The van der Waals surface area contributed by atoms with Crippen LogP contribution in [0.2, 0.25) is 0 Å². The number of thiophene rings is 1. The van der Waals surface area contributed by atoms with Crippen LogP contribution in [0.15, 0.2) is 13.6 Å². The molecule has 0 saturated carbocycles. The fourth-order valence-electron chi connectivity index (χ4n) is 2.21. The monoisotopic (exact) mass is 410 g/mol. The molecule has 1 aromatic heterocycles. The third-order valence-electron chi connectivity index (χ3n) is 3.33. The molecular formula is C15H24Br2OS. The van der Waals surface area contributed by atoms with Crippen molar-refractivity contribution in [1.82, 2.24) is 0 Å². The first-order valence-electron chi connectivity index (χ1n) is 7.28. The molecule has 0 aromatic carbocycles. The lowest BCUT2D eigenvalue weighted by Gasteiger charge is -2.02. The summed E-state index contributed by atoms with van der Waals surface area (Å²) in [6, 6.07) is 2.23. The number of hydrogen-bond donors (Lipinski definition) is 1. The van der Waals surface area contributed by atoms with Crippen LogP contribution in [0.3, 0.4) is 0 Å². The number of hydrogen-bond acceptors (Lipinski definition) is 2. The van der Waals surface area contributed by atoms with E-state index in [4.69, 9.17) is 5.11 Å². The van der Waals surface area contributed by atoms with Crippen molar-refractivity contribution >= 4 is 43.2 Å². The van der Waals surface area contributed by atoms with Gasteiger partial charge < -0.3 is 5.11 Å². The van der Waals surface area contributed by atoms with Gasteiger partial charge in [0.1, 0.15) is 0 Å². The number of rotatable bonds is 11. The van der Waals surface area contributed by atoms with Crippen molar-refractivity contribution in [1.29, 1.82) is 0 Å². The van der Waals surface area contributed by atoms with Crippen LogP contribution >= 0.6 is 43.2 Å². The molecule has 19 heavy (non-hydrogen) atoms. The summed E-state index contributed by atoms with van der Waals surface area (Å²) in [7, 11) is 0. The molecule has 4 heteroatoms. The fraction of sp³-hybridized carbons (Fsp3) is 0.733. The van der Waals surface area contributed by atoms with Gasteiger partial charge >= 0.3 is 0 Å². The Balaban J connectivity index is 1.90. The summed E-state index contributed by atoms with van der Waals surface area (Å²) >= 11 is 8.90. The van der Waals surface area contributed by atoms with Crippen LogP contribution in [0.1, 0.15) is 63.4 Å². The molecule has 0 spiro atoms. The first-order valence-corrected chi connectivity index (χ1v) is 9.69. The van der Waals surface area contributed by atoms with Gasteiger partial charge in [-0.05, 0) is 62.8 Å². The van der Waals surface area contributed by atoms with Gasteiger partial charge in [-0.25, -0.2) is 0 Å². The van der Waals surface area contributed by atoms with Crippen LogP contribution in [0.25, 0.3) is 0 Å². The molecular weight excluding hydrogens is 388 g/mol. The van der Waals surface area contributed by atoms with Crippen molar-refractivity contribution in [2.24, 2.45) is 0 Å². The first kappa shape index (κ1) is 17.7. The van der Waals surface area contributed by atoms with Gasteiger partial charge in [0.15, 0.2) is 0 Å². The quantitative estimate of drug-likeness (QED) is 0.422. The predicted molar refractivity (Wildman–Crippen MR) is 92.1 cm³/mol. The zero-order valence-corrected chi connectivity index (χ0v) is 15.5. The standard InChI is InChI=1S/C15H24Br2OS/c16-14-12-13(15(17)19-14)10-8-6-4-2-1-3-5-7-9-11-18/h12,18H,1-11H2. The van der Waals surface area contributed by atoms with Crippen molar-refractivity contribution < 1.29 is 5.11 Å². The highest BCUT2D eigenvalue weighted by Gasteiger charge is 2.04. The first-order chi connectivity index (χ1) is 9.24. The average molecular weight is 412 g/mol. The molecule has 0 saturated heterocycles. The number of halogens is 2. The second-order valence-corrected chi connectivity index (χ2v) is 8.75. The number of aliphatic hydroxyl groups excluding tert-OH is 1. The predicted octanol–water partition coefficient (Wildman–Crippen LogP) is 6.32. The molecule has 1 nitrogen and oxygen atoms in total. The van der Waals surface area contributed by atoms with E-state index in [1.807, 2.05) is 0 Å². The van der Waals surface area contributed by atoms with Crippen LogP contribution in [-0.4, -0.2) is 11.7 Å². The van der Waals surface area contributed by atoms with E-state index in [-0.39, 0.29) is 0 Å². The Morgan fingerprint density at radius 3 is 1.84 bits per heavy atom. The van der Waals surface area contributed by atoms with E-state index in [1.54, 1.807) is 11.3 Å². The van der Waals surface area contributed by atoms with Crippen molar-refractivity contribution in [3.63, 3.8) is 0 Å². The maximum Gasteiger partial charge on any atom is 0.0742 e. The molecule has 0 radical (unpaired) electrons. The van der Waals surface area contributed by atoms with Gasteiger partial charge in [-0.15, -0.1) is 11.3 Å². The molecule has 1 heterocycles. The lowest BCUT2D eigenvalue weighted by atomic mass is 10.1. The maximum atomic E-state index is 8.68. The van der Waals surface area contributed by atoms with Crippen LogP contribution in [-0.2, 0) is 6.42 Å². The van der Waals surface area contributed by atoms with Gasteiger partial charge in [-0.2, -0.15) is 0 Å². The number of unbranched alkanes of at least 4 members (excludes halogenated alkanes) is 8. The third-order valence-corrected chi connectivity index (χ3v) is 5.80. The van der Waals surface area contributed by atoms with Crippen LogP contribution in [0.5, 0.6) is 0 Å². The topological polar surface area (TPSA) is 20.2 Å². The Morgan fingerprint density at radius 2 is 1.37 bits per heavy atom. The van der Waals surface area contributed by atoms with Gasteiger partial charge in [0.2, 0.25) is 0 Å². The minimum Gasteiger partial charge on any atom is -0.396 e. The normalized spacial score (nSPS) is 11.1. The fourth-order valence-corrected chi connectivity index (χ4v) is 5.12. The summed E-state index contributed by atoms with van der Waals surface area (Å²) in [4.78, 5) is 0. The summed E-state index contributed by atoms with van der Waals surface area (Å²) in [5, 5.41) is 8.68. The molecule has 0 aliphatic rings. The Hall–Kier alpha value is 0.620. The van der Waals surface area contributed by atoms with Gasteiger partial charge in [0.05, 0.1) is 7.57 Å². The molecule has 0 unspecified atom stereocenters. The van der Waals surface area contributed by atoms with Crippen molar-refractivity contribution in [3.8, 4) is 0 Å². The highest BCUT2D eigenvalue weighted by Crippen LogP contribution is 2.32. The minimum absolute atomic E-state index is 0.355. The number of aliphatic hydroxyl groups is 1. The molecule has 110 valence electrons. The highest BCUT2D eigenvalue weighted by molar-refractivity contribution is 9.12. The summed E-state index contributed by atoms with van der Waals surface area (Å²) in [6.45, 7) is 0.355. The lowest BCUT2D eigenvalue weighted by molar-refractivity contribution is 0.282. The SMILES string of the molecule is OCCCCCCCCCCCc1cc(Br)sc1Br. The van der Waals surface area contributed by atoms with Gasteiger partial charge in [-0.1, -0.05) is 44.9 Å². The van der Waals surface area contributed by atoms with Crippen LogP contribution < -0.4 is 0 Å². The second-order valence-electron chi connectivity index (χ2n) is 5.01. The largest absolute Gasteiger partial charge is 0.396 e. The van der Waals surface area contributed by atoms with E-state index in [1.165, 1.54) is 70.9 Å². The zero-order valence-electron chi connectivity index (χ0n) is 11.5.